The monoisotopic (exact) mass is 497 g/mol. The van der Waals surface area contributed by atoms with Crippen molar-refractivity contribution in [1.82, 2.24) is 4.98 Å². The van der Waals surface area contributed by atoms with Crippen LogP contribution < -0.4 is 9.47 Å². The summed E-state index contributed by atoms with van der Waals surface area (Å²) in [5.74, 6) is 0.817. The highest BCUT2D eigenvalue weighted by Crippen LogP contribution is 2.33. The first-order valence-electron chi connectivity index (χ1n) is 14.2. The first kappa shape index (κ1) is 28.1. The molecule has 0 aliphatic heterocycles. The number of pyridine rings is 1. The molecule has 1 heterocycles. The summed E-state index contributed by atoms with van der Waals surface area (Å²) < 4.78 is 26.1. The van der Waals surface area contributed by atoms with E-state index in [0.29, 0.717) is 12.2 Å². The van der Waals surface area contributed by atoms with Crippen LogP contribution in [0.25, 0.3) is 11.3 Å². The Labute approximate surface area is 217 Å². The van der Waals surface area contributed by atoms with E-state index in [-0.39, 0.29) is 23.3 Å². The molecule has 3 rings (SSSR count). The van der Waals surface area contributed by atoms with Gasteiger partial charge >= 0.3 is 5.97 Å². The molecule has 4 nitrogen and oxygen atoms in total. The van der Waals surface area contributed by atoms with Crippen molar-refractivity contribution in [1.29, 1.82) is 0 Å². The normalized spacial score (nSPS) is 17.6. The summed E-state index contributed by atoms with van der Waals surface area (Å²) >= 11 is 0. The number of carbonyl (C=O) groups excluding carboxylic acids is 1. The van der Waals surface area contributed by atoms with E-state index < -0.39 is 5.82 Å². The number of benzene rings is 1. The smallest absolute Gasteiger partial charge is 0.314 e. The first-order valence-corrected chi connectivity index (χ1v) is 14.2. The minimum atomic E-state index is -0.499. The van der Waals surface area contributed by atoms with Crippen LogP contribution in [-0.4, -0.2) is 17.6 Å². The number of hydrogen-bond donors (Lipinski definition) is 0. The first-order chi connectivity index (χ1) is 17.6. The highest BCUT2D eigenvalue weighted by Gasteiger charge is 2.27. The molecule has 0 bridgehead atoms. The fourth-order valence-electron chi connectivity index (χ4n) is 5.04. The van der Waals surface area contributed by atoms with E-state index in [2.05, 4.69) is 18.8 Å². The quantitative estimate of drug-likeness (QED) is 0.182. The lowest BCUT2D eigenvalue weighted by Gasteiger charge is -2.27. The van der Waals surface area contributed by atoms with E-state index in [4.69, 9.17) is 9.47 Å². The molecule has 1 aliphatic rings. The minimum Gasteiger partial charge on any atom is -0.494 e. The SMILES string of the molecule is CCCCCCCCOc1ccc(-c2ncc(OC(=O)C3CCC(CCCCC)CC3)cc2F)cc1. The molecule has 5 heteroatoms. The third kappa shape index (κ3) is 9.22. The van der Waals surface area contributed by atoms with Crippen LogP contribution in [-0.2, 0) is 4.79 Å². The lowest BCUT2D eigenvalue weighted by Crippen LogP contribution is -2.25. The summed E-state index contributed by atoms with van der Waals surface area (Å²) in [6.45, 7) is 5.14. The third-order valence-corrected chi connectivity index (χ3v) is 7.32. The Balaban J connectivity index is 1.44. The van der Waals surface area contributed by atoms with Crippen molar-refractivity contribution in [2.75, 3.05) is 6.61 Å². The number of carbonyl (C=O) groups is 1. The highest BCUT2D eigenvalue weighted by atomic mass is 19.1. The van der Waals surface area contributed by atoms with Crippen LogP contribution in [0.2, 0.25) is 0 Å². The van der Waals surface area contributed by atoms with Gasteiger partial charge in [0.25, 0.3) is 0 Å². The number of nitrogens with zero attached hydrogens (tertiary/aromatic N) is 1. The topological polar surface area (TPSA) is 48.4 Å². The van der Waals surface area contributed by atoms with Crippen molar-refractivity contribution in [2.45, 2.75) is 104 Å². The number of halogens is 1. The molecule has 36 heavy (non-hydrogen) atoms. The fourth-order valence-corrected chi connectivity index (χ4v) is 5.04. The van der Waals surface area contributed by atoms with Crippen molar-refractivity contribution in [3.63, 3.8) is 0 Å². The van der Waals surface area contributed by atoms with Crippen molar-refractivity contribution in [3.05, 3.63) is 42.3 Å². The van der Waals surface area contributed by atoms with Gasteiger partial charge in [-0.1, -0.05) is 71.6 Å². The van der Waals surface area contributed by atoms with Crippen LogP contribution in [0.15, 0.2) is 36.5 Å². The Kier molecular flexibility index (Phi) is 12.2. The van der Waals surface area contributed by atoms with Gasteiger partial charge in [-0.2, -0.15) is 0 Å². The zero-order valence-electron chi connectivity index (χ0n) is 22.3. The number of unbranched alkanes of at least 4 members (excludes halogenated alkanes) is 7. The van der Waals surface area contributed by atoms with Crippen LogP contribution in [0.1, 0.15) is 104 Å². The molecule has 0 atom stereocenters. The summed E-state index contributed by atoms with van der Waals surface area (Å²) in [6, 6.07) is 8.58. The summed E-state index contributed by atoms with van der Waals surface area (Å²) in [5.41, 5.74) is 0.906. The Bertz CT molecular complexity index is 907. The molecule has 0 spiro atoms. The molecule has 0 unspecified atom stereocenters. The van der Waals surface area contributed by atoms with Gasteiger partial charge in [0.15, 0.2) is 11.6 Å². The number of esters is 1. The predicted octanol–water partition coefficient (Wildman–Crippen LogP) is 8.92. The zero-order valence-corrected chi connectivity index (χ0v) is 22.3. The van der Waals surface area contributed by atoms with Crippen LogP contribution in [0.3, 0.4) is 0 Å². The standard InChI is InChI=1S/C31H44FNO3/c1-3-5-7-8-9-11-21-35-27-19-17-25(18-20-27)30-29(32)22-28(23-33-30)36-31(34)26-15-13-24(14-16-26)12-10-6-4-2/h17-20,22-24,26H,3-16,21H2,1-2H3. The number of aromatic nitrogens is 1. The summed E-state index contributed by atoms with van der Waals surface area (Å²) in [6.07, 6.45) is 17.7. The molecule has 2 aromatic rings. The molecule has 0 N–H and O–H groups in total. The van der Waals surface area contributed by atoms with Gasteiger partial charge in [0, 0.05) is 11.6 Å². The third-order valence-electron chi connectivity index (χ3n) is 7.32. The van der Waals surface area contributed by atoms with Gasteiger partial charge in [-0.3, -0.25) is 4.79 Å². The van der Waals surface area contributed by atoms with Crippen LogP contribution in [0.5, 0.6) is 11.5 Å². The number of hydrogen-bond acceptors (Lipinski definition) is 4. The molecule has 0 saturated heterocycles. The predicted molar refractivity (Wildman–Crippen MR) is 144 cm³/mol. The van der Waals surface area contributed by atoms with E-state index in [9.17, 15) is 9.18 Å². The molecule has 1 aromatic heterocycles. The van der Waals surface area contributed by atoms with Gasteiger partial charge in [-0.25, -0.2) is 9.37 Å². The van der Waals surface area contributed by atoms with E-state index in [1.54, 1.807) is 0 Å². The Hall–Kier alpha value is -2.43. The molecular weight excluding hydrogens is 453 g/mol. The summed E-state index contributed by atoms with van der Waals surface area (Å²) in [4.78, 5) is 16.9. The van der Waals surface area contributed by atoms with Gasteiger partial charge in [-0.05, 0) is 62.3 Å². The molecule has 1 aromatic carbocycles. The minimum absolute atomic E-state index is 0.0981. The average molecular weight is 498 g/mol. The van der Waals surface area contributed by atoms with Gasteiger partial charge in [0.05, 0.1) is 18.7 Å². The van der Waals surface area contributed by atoms with Gasteiger partial charge in [-0.15, -0.1) is 0 Å². The maximum atomic E-state index is 14.8. The second-order valence-corrected chi connectivity index (χ2v) is 10.3. The van der Waals surface area contributed by atoms with Gasteiger partial charge < -0.3 is 9.47 Å². The van der Waals surface area contributed by atoms with E-state index in [1.165, 1.54) is 70.1 Å². The van der Waals surface area contributed by atoms with Crippen molar-refractivity contribution < 1.29 is 18.7 Å². The molecule has 1 aliphatic carbocycles. The zero-order chi connectivity index (χ0) is 25.6. The fraction of sp³-hybridized carbons (Fsp3) is 0.613. The Morgan fingerprint density at radius 3 is 2.25 bits per heavy atom. The number of rotatable bonds is 15. The van der Waals surface area contributed by atoms with Crippen LogP contribution in [0.4, 0.5) is 4.39 Å². The Morgan fingerprint density at radius 2 is 1.56 bits per heavy atom. The molecule has 1 fully saturated rings. The Morgan fingerprint density at radius 1 is 0.889 bits per heavy atom. The second kappa shape index (κ2) is 15.6. The lowest BCUT2D eigenvalue weighted by molar-refractivity contribution is -0.140. The van der Waals surface area contributed by atoms with Gasteiger partial charge in [0.2, 0.25) is 0 Å². The van der Waals surface area contributed by atoms with Crippen molar-refractivity contribution in [3.8, 4) is 22.8 Å². The van der Waals surface area contributed by atoms with Crippen molar-refractivity contribution in [2.24, 2.45) is 11.8 Å². The maximum absolute atomic E-state index is 14.8. The largest absolute Gasteiger partial charge is 0.494 e. The highest BCUT2D eigenvalue weighted by molar-refractivity contribution is 5.75. The summed E-state index contributed by atoms with van der Waals surface area (Å²) in [5, 5.41) is 0. The maximum Gasteiger partial charge on any atom is 0.314 e. The molecule has 0 amide bonds. The lowest BCUT2D eigenvalue weighted by atomic mass is 9.80. The van der Waals surface area contributed by atoms with Crippen molar-refractivity contribution >= 4 is 5.97 Å². The van der Waals surface area contributed by atoms with E-state index >= 15 is 0 Å². The van der Waals surface area contributed by atoms with Crippen LogP contribution in [0, 0.1) is 17.7 Å². The number of ether oxygens (including phenoxy) is 2. The van der Waals surface area contributed by atoms with E-state index in [0.717, 1.165) is 43.8 Å². The molecular formula is C31H44FNO3. The molecule has 0 radical (unpaired) electrons. The van der Waals surface area contributed by atoms with Gasteiger partial charge in [0.1, 0.15) is 11.4 Å². The average Bonchev–Trinajstić information content (AvgIpc) is 2.89. The molecule has 1 saturated carbocycles. The summed E-state index contributed by atoms with van der Waals surface area (Å²) in [7, 11) is 0. The van der Waals surface area contributed by atoms with Crippen LogP contribution >= 0.6 is 0 Å². The second-order valence-electron chi connectivity index (χ2n) is 10.3. The molecule has 198 valence electrons. The van der Waals surface area contributed by atoms with E-state index in [1.807, 2.05) is 24.3 Å².